The van der Waals surface area contributed by atoms with Crippen molar-refractivity contribution in [2.24, 2.45) is 23.7 Å². The number of nitrogens with zero attached hydrogens (tertiary/aromatic N) is 1. The average Bonchev–Trinajstić information content (AvgIpc) is 3.03. The molecular formula is C24H41NSSiTi. The van der Waals surface area contributed by atoms with E-state index in [2.05, 4.69) is 69.0 Å². The van der Waals surface area contributed by atoms with Crippen LogP contribution in [0.2, 0.25) is 18.6 Å². The summed E-state index contributed by atoms with van der Waals surface area (Å²) in [6, 6.07) is 10.7. The molecule has 28 heavy (non-hydrogen) atoms. The molecule has 0 aromatic heterocycles. The first kappa shape index (κ1) is 28.3. The molecule has 0 N–H and O–H groups in total. The van der Waals surface area contributed by atoms with Gasteiger partial charge in [0.2, 0.25) is 0 Å². The van der Waals surface area contributed by atoms with Crippen molar-refractivity contribution in [2.75, 3.05) is 0 Å². The zero-order valence-electron chi connectivity index (χ0n) is 19.1. The van der Waals surface area contributed by atoms with Crippen LogP contribution in [0.1, 0.15) is 39.5 Å². The Balaban J connectivity index is 0.00000182. The van der Waals surface area contributed by atoms with Gasteiger partial charge in [0.25, 0.3) is 0 Å². The van der Waals surface area contributed by atoms with E-state index in [9.17, 15) is 0 Å². The van der Waals surface area contributed by atoms with Gasteiger partial charge in [-0.1, -0.05) is 70.1 Å². The molecule has 0 radical (unpaired) electrons. The van der Waals surface area contributed by atoms with Crippen molar-refractivity contribution in [3.05, 3.63) is 57.6 Å². The maximum atomic E-state index is 5.36. The minimum Gasteiger partial charge on any atom is -0.687 e. The Bertz CT molecular complexity index is 581. The molecule has 156 valence electrons. The van der Waals surface area contributed by atoms with Crippen LogP contribution < -0.4 is 0 Å². The summed E-state index contributed by atoms with van der Waals surface area (Å²) >= 11 is 2.39. The number of hydrogen-bond acceptors (Lipinski definition) is 1. The summed E-state index contributed by atoms with van der Waals surface area (Å²) in [4.78, 5) is 5.36. The van der Waals surface area contributed by atoms with Gasteiger partial charge in [-0.3, -0.25) is 0 Å². The molecule has 1 nitrogen and oxygen atoms in total. The second-order valence-electron chi connectivity index (χ2n) is 9.01. The second-order valence-corrected chi connectivity index (χ2v) is 14.6. The Hall–Kier alpha value is 0.301. The van der Waals surface area contributed by atoms with Crippen molar-refractivity contribution in [3.63, 3.8) is 0 Å². The molecule has 4 heteroatoms. The van der Waals surface area contributed by atoms with Crippen LogP contribution in [-0.2, 0) is 21.7 Å². The van der Waals surface area contributed by atoms with Crippen LogP contribution >= 0.6 is 11.8 Å². The first-order chi connectivity index (χ1) is 11.5. The summed E-state index contributed by atoms with van der Waals surface area (Å²) in [5.74, 6) is 3.71. The van der Waals surface area contributed by atoms with Crippen LogP contribution in [0.3, 0.4) is 0 Å². The van der Waals surface area contributed by atoms with E-state index in [1.54, 1.807) is 0 Å². The largest absolute Gasteiger partial charge is 4.00 e. The van der Waals surface area contributed by atoms with Crippen LogP contribution in [-0.4, -0.2) is 18.7 Å². The SMILES string of the molecule is CC1C(C)C([Si](C)(C)[N-]c2ccccc2)C2SC3CCCCC3C12.[CH3-].[CH3-].[CH3-].[Ti+4]. The third kappa shape index (κ3) is 4.95. The van der Waals surface area contributed by atoms with E-state index in [1.165, 1.54) is 31.4 Å². The Kier molecular flexibility index (Phi) is 11.2. The van der Waals surface area contributed by atoms with E-state index in [4.69, 9.17) is 4.98 Å². The van der Waals surface area contributed by atoms with Crippen LogP contribution in [0.5, 0.6) is 0 Å². The topological polar surface area (TPSA) is 14.1 Å². The third-order valence-corrected chi connectivity index (χ3v) is 12.8. The van der Waals surface area contributed by atoms with Crippen molar-refractivity contribution in [1.82, 2.24) is 0 Å². The summed E-state index contributed by atoms with van der Waals surface area (Å²) in [7, 11) is -1.66. The summed E-state index contributed by atoms with van der Waals surface area (Å²) < 4.78 is 0. The average molecular weight is 452 g/mol. The molecule has 1 aliphatic heterocycles. The minimum absolute atomic E-state index is 0. The molecule has 0 amide bonds. The van der Waals surface area contributed by atoms with E-state index < -0.39 is 8.24 Å². The fourth-order valence-electron chi connectivity index (χ4n) is 6.22. The Morgan fingerprint density at radius 1 is 0.929 bits per heavy atom. The van der Waals surface area contributed by atoms with Gasteiger partial charge in [-0.15, -0.1) is 5.69 Å². The van der Waals surface area contributed by atoms with E-state index in [0.717, 1.165) is 39.7 Å². The minimum atomic E-state index is -1.66. The molecular weight excluding hydrogens is 410 g/mol. The fraction of sp³-hybridized carbons (Fsp3) is 0.625. The van der Waals surface area contributed by atoms with Crippen molar-refractivity contribution in [1.29, 1.82) is 0 Å². The normalized spacial score (nSPS) is 35.8. The summed E-state index contributed by atoms with van der Waals surface area (Å²) in [6.07, 6.45) is 5.93. The molecule has 1 aromatic rings. The van der Waals surface area contributed by atoms with Crippen LogP contribution in [0.25, 0.3) is 4.98 Å². The molecule has 0 spiro atoms. The van der Waals surface area contributed by atoms with Crippen LogP contribution in [0.4, 0.5) is 5.69 Å². The monoisotopic (exact) mass is 451 g/mol. The molecule has 4 rings (SSSR count). The fourth-order valence-corrected chi connectivity index (χ4v) is 13.3. The standard InChI is InChI=1S/C21H32NSSi.3CH3.Ti/c1-14-15(2)21(24(3,4)22-16-10-6-5-7-11-16)20-19(14)17-12-8-9-13-18(17)23-20;;;;/h5-7,10-11,14-15,17-21H,8-9,12-13H2,1-4H3;3*1H3;/q4*-1;+4. The van der Waals surface area contributed by atoms with Gasteiger partial charge in [0, 0.05) is 10.5 Å². The van der Waals surface area contributed by atoms with Gasteiger partial charge < -0.3 is 27.3 Å². The van der Waals surface area contributed by atoms with Crippen LogP contribution in [0, 0.1) is 46.0 Å². The van der Waals surface area contributed by atoms with E-state index in [1.807, 2.05) is 0 Å². The maximum absolute atomic E-state index is 5.36. The van der Waals surface area contributed by atoms with Gasteiger partial charge in [0.15, 0.2) is 0 Å². The number of hydrogen-bond donors (Lipinski definition) is 0. The number of fused-ring (bicyclic) bond motifs is 3. The van der Waals surface area contributed by atoms with Gasteiger partial charge in [-0.2, -0.15) is 11.8 Å². The smallest absolute Gasteiger partial charge is 0.687 e. The number of thioether (sulfide) groups is 1. The van der Waals surface area contributed by atoms with Crippen molar-refractivity contribution in [2.45, 2.75) is 68.7 Å². The zero-order chi connectivity index (χ0) is 16.9. The first-order valence-electron chi connectivity index (χ1n) is 9.92. The van der Waals surface area contributed by atoms with E-state index in [0.29, 0.717) is 0 Å². The molecule has 1 heterocycles. The van der Waals surface area contributed by atoms with Gasteiger partial charge in [0.1, 0.15) is 0 Å². The summed E-state index contributed by atoms with van der Waals surface area (Å²) in [5, 5.41) is 1.85. The maximum Gasteiger partial charge on any atom is 4.00 e. The summed E-state index contributed by atoms with van der Waals surface area (Å²) in [6.45, 7) is 10.2. The van der Waals surface area contributed by atoms with E-state index >= 15 is 0 Å². The first-order valence-corrected chi connectivity index (χ1v) is 13.9. The second kappa shape index (κ2) is 11.1. The molecule has 3 fully saturated rings. The molecule has 3 aliphatic rings. The molecule has 0 bridgehead atoms. The zero-order valence-corrected chi connectivity index (χ0v) is 22.5. The Morgan fingerprint density at radius 2 is 1.54 bits per heavy atom. The van der Waals surface area contributed by atoms with Crippen molar-refractivity contribution in [3.8, 4) is 0 Å². The van der Waals surface area contributed by atoms with Gasteiger partial charge in [-0.25, -0.2) is 0 Å². The molecule has 1 aromatic carbocycles. The van der Waals surface area contributed by atoms with Gasteiger partial charge >= 0.3 is 21.7 Å². The van der Waals surface area contributed by atoms with E-state index in [-0.39, 0.29) is 44.0 Å². The number of rotatable bonds is 3. The molecule has 7 atom stereocenters. The quantitative estimate of drug-likeness (QED) is 0.334. The predicted octanol–water partition coefficient (Wildman–Crippen LogP) is 8.19. The van der Waals surface area contributed by atoms with Gasteiger partial charge in [-0.05, 0) is 50.3 Å². The molecule has 2 saturated carbocycles. The van der Waals surface area contributed by atoms with Crippen LogP contribution in [0.15, 0.2) is 30.3 Å². The summed E-state index contributed by atoms with van der Waals surface area (Å²) in [5.41, 5.74) is 2.05. The van der Waals surface area contributed by atoms with Crippen molar-refractivity contribution >= 4 is 25.7 Å². The van der Waals surface area contributed by atoms with Gasteiger partial charge in [0.05, 0.1) is 0 Å². The number of benzene rings is 1. The Labute approximate surface area is 196 Å². The van der Waals surface area contributed by atoms with Crippen molar-refractivity contribution < 1.29 is 21.7 Å². The molecule has 1 saturated heterocycles. The molecule has 2 aliphatic carbocycles. The third-order valence-electron chi connectivity index (χ3n) is 7.31. The predicted molar refractivity (Wildman–Crippen MR) is 129 cm³/mol. The molecule has 7 unspecified atom stereocenters. The Morgan fingerprint density at radius 3 is 2.18 bits per heavy atom.